The van der Waals surface area contributed by atoms with Crippen molar-refractivity contribution in [2.24, 2.45) is 0 Å². The Kier molecular flexibility index (Phi) is 4.85. The Morgan fingerprint density at radius 3 is 2.73 bits per heavy atom. The van der Waals surface area contributed by atoms with E-state index in [2.05, 4.69) is 0 Å². The van der Waals surface area contributed by atoms with Crippen LogP contribution in [0.4, 0.5) is 0 Å². The van der Waals surface area contributed by atoms with Gasteiger partial charge >= 0.3 is 5.97 Å². The first-order chi connectivity index (χ1) is 10.3. The molecule has 10 heteroatoms. The summed E-state index contributed by atoms with van der Waals surface area (Å²) >= 11 is 0.900. The average Bonchev–Trinajstić information content (AvgIpc) is 3.00. The summed E-state index contributed by atoms with van der Waals surface area (Å²) in [7, 11) is -2.40. The van der Waals surface area contributed by atoms with Crippen LogP contribution in [-0.4, -0.2) is 68.1 Å². The SMILES string of the molecule is COCCN1CN(S(=O)(=O)c2cc(C(=O)O)sc2C)CC1=O. The maximum absolute atomic E-state index is 12.6. The second-order valence-corrected chi connectivity index (χ2v) is 7.91. The third-order valence-electron chi connectivity index (χ3n) is 3.26. The van der Waals surface area contributed by atoms with Crippen LogP contribution in [0, 0.1) is 6.92 Å². The van der Waals surface area contributed by atoms with Gasteiger partial charge in [-0.25, -0.2) is 13.2 Å². The first-order valence-electron chi connectivity index (χ1n) is 6.38. The lowest BCUT2D eigenvalue weighted by Gasteiger charge is -2.17. The molecule has 0 aromatic carbocycles. The monoisotopic (exact) mass is 348 g/mol. The van der Waals surface area contributed by atoms with E-state index in [1.807, 2.05) is 0 Å². The Labute approximate surface area is 131 Å². The molecule has 2 rings (SSSR count). The van der Waals surface area contributed by atoms with Crippen LogP contribution in [0.15, 0.2) is 11.0 Å². The summed E-state index contributed by atoms with van der Waals surface area (Å²) in [6.45, 7) is 1.88. The highest BCUT2D eigenvalue weighted by Crippen LogP contribution is 2.29. The van der Waals surface area contributed by atoms with Crippen molar-refractivity contribution in [1.82, 2.24) is 9.21 Å². The molecule has 0 atom stereocenters. The lowest BCUT2D eigenvalue weighted by atomic mass is 10.4. The van der Waals surface area contributed by atoms with E-state index in [0.717, 1.165) is 21.7 Å². The van der Waals surface area contributed by atoms with E-state index < -0.39 is 16.0 Å². The van der Waals surface area contributed by atoms with E-state index in [9.17, 15) is 18.0 Å². The van der Waals surface area contributed by atoms with Crippen LogP contribution in [0.1, 0.15) is 14.5 Å². The quantitative estimate of drug-likeness (QED) is 0.787. The van der Waals surface area contributed by atoms with Gasteiger partial charge in [-0.3, -0.25) is 4.79 Å². The van der Waals surface area contributed by atoms with Gasteiger partial charge in [-0.2, -0.15) is 4.31 Å². The highest BCUT2D eigenvalue weighted by atomic mass is 32.2. The smallest absolute Gasteiger partial charge is 0.345 e. The molecule has 0 bridgehead atoms. The predicted molar refractivity (Wildman–Crippen MR) is 78.4 cm³/mol. The topological polar surface area (TPSA) is 104 Å². The van der Waals surface area contributed by atoms with Crippen molar-refractivity contribution in [3.63, 3.8) is 0 Å². The average molecular weight is 348 g/mol. The predicted octanol–water partition coefficient (Wildman–Crippen LogP) is 0.192. The molecule has 1 N–H and O–H groups in total. The number of carbonyl (C=O) groups is 2. The molecule has 22 heavy (non-hydrogen) atoms. The number of hydrogen-bond donors (Lipinski definition) is 1. The summed E-state index contributed by atoms with van der Waals surface area (Å²) in [5.74, 6) is -1.47. The highest BCUT2D eigenvalue weighted by molar-refractivity contribution is 7.89. The van der Waals surface area contributed by atoms with Crippen LogP contribution in [-0.2, 0) is 19.6 Å². The molecule has 1 aromatic heterocycles. The Hall–Kier alpha value is -1.49. The maximum atomic E-state index is 12.6. The number of rotatable bonds is 6. The number of thiophene rings is 1. The zero-order valence-corrected chi connectivity index (χ0v) is 13.7. The molecule has 1 saturated heterocycles. The number of ether oxygens (including phenoxy) is 1. The summed E-state index contributed by atoms with van der Waals surface area (Å²) in [5.41, 5.74) is 0. The second kappa shape index (κ2) is 6.32. The Bertz CT molecular complexity index is 696. The number of aromatic carboxylic acids is 1. The molecule has 1 aromatic rings. The van der Waals surface area contributed by atoms with E-state index in [1.165, 1.54) is 12.0 Å². The number of methoxy groups -OCH3 is 1. The Morgan fingerprint density at radius 2 is 2.18 bits per heavy atom. The molecule has 2 heterocycles. The number of amides is 1. The minimum absolute atomic E-state index is 0.0437. The first-order valence-corrected chi connectivity index (χ1v) is 8.63. The summed E-state index contributed by atoms with van der Waals surface area (Å²) in [6, 6.07) is 1.14. The fourth-order valence-corrected chi connectivity index (χ4v) is 4.84. The normalized spacial score (nSPS) is 16.5. The van der Waals surface area contributed by atoms with Crippen LogP contribution in [0.2, 0.25) is 0 Å². The van der Waals surface area contributed by atoms with Gasteiger partial charge in [-0.15, -0.1) is 11.3 Å². The van der Waals surface area contributed by atoms with Crippen molar-refractivity contribution in [2.45, 2.75) is 11.8 Å². The van der Waals surface area contributed by atoms with Crippen molar-refractivity contribution in [3.05, 3.63) is 15.8 Å². The third kappa shape index (κ3) is 3.14. The van der Waals surface area contributed by atoms with Gasteiger partial charge in [-0.1, -0.05) is 0 Å². The number of carbonyl (C=O) groups excluding carboxylic acids is 1. The van der Waals surface area contributed by atoms with Crippen LogP contribution in [0.5, 0.6) is 0 Å². The van der Waals surface area contributed by atoms with Crippen molar-refractivity contribution in [3.8, 4) is 0 Å². The van der Waals surface area contributed by atoms with E-state index in [1.54, 1.807) is 6.92 Å². The van der Waals surface area contributed by atoms with Gasteiger partial charge in [0.05, 0.1) is 24.7 Å². The summed E-state index contributed by atoms with van der Waals surface area (Å²) in [5, 5.41) is 8.96. The zero-order valence-electron chi connectivity index (χ0n) is 12.1. The molecule has 0 radical (unpaired) electrons. The molecule has 1 fully saturated rings. The molecule has 0 spiro atoms. The number of carboxylic acid groups (broad SMARTS) is 1. The molecule has 0 saturated carbocycles. The van der Waals surface area contributed by atoms with Crippen LogP contribution < -0.4 is 0 Å². The highest BCUT2D eigenvalue weighted by Gasteiger charge is 2.37. The fraction of sp³-hybridized carbons (Fsp3) is 0.500. The molecule has 0 aliphatic carbocycles. The Balaban J connectivity index is 2.25. The van der Waals surface area contributed by atoms with Crippen molar-refractivity contribution in [2.75, 3.05) is 33.5 Å². The Morgan fingerprint density at radius 1 is 1.50 bits per heavy atom. The molecule has 8 nitrogen and oxygen atoms in total. The third-order valence-corrected chi connectivity index (χ3v) is 6.33. The van der Waals surface area contributed by atoms with Gasteiger partial charge < -0.3 is 14.7 Å². The van der Waals surface area contributed by atoms with Crippen LogP contribution in [0.3, 0.4) is 0 Å². The van der Waals surface area contributed by atoms with Gasteiger partial charge in [0.15, 0.2) is 0 Å². The lowest BCUT2D eigenvalue weighted by Crippen LogP contribution is -2.33. The molecular weight excluding hydrogens is 332 g/mol. The largest absolute Gasteiger partial charge is 0.477 e. The first kappa shape index (κ1) is 16.9. The molecule has 1 amide bonds. The number of nitrogens with zero attached hydrogens (tertiary/aromatic N) is 2. The number of hydrogen-bond acceptors (Lipinski definition) is 6. The van der Waals surface area contributed by atoms with Crippen LogP contribution >= 0.6 is 11.3 Å². The minimum Gasteiger partial charge on any atom is -0.477 e. The van der Waals surface area contributed by atoms with Crippen LogP contribution in [0.25, 0.3) is 0 Å². The van der Waals surface area contributed by atoms with E-state index in [-0.39, 0.29) is 28.9 Å². The number of aryl methyl sites for hydroxylation is 1. The van der Waals surface area contributed by atoms with Crippen molar-refractivity contribution in [1.29, 1.82) is 0 Å². The van der Waals surface area contributed by atoms with Crippen molar-refractivity contribution < 1.29 is 27.9 Å². The maximum Gasteiger partial charge on any atom is 0.345 e. The molecule has 0 unspecified atom stereocenters. The van der Waals surface area contributed by atoms with E-state index >= 15 is 0 Å². The van der Waals surface area contributed by atoms with E-state index in [0.29, 0.717) is 18.0 Å². The zero-order chi connectivity index (χ0) is 16.5. The van der Waals surface area contributed by atoms with Gasteiger partial charge in [0.1, 0.15) is 4.88 Å². The summed E-state index contributed by atoms with van der Waals surface area (Å²) in [4.78, 5) is 24.5. The molecule has 1 aliphatic rings. The van der Waals surface area contributed by atoms with Gasteiger partial charge in [0.2, 0.25) is 15.9 Å². The minimum atomic E-state index is -3.90. The number of carboxylic acids is 1. The number of sulfonamides is 1. The molecular formula is C12H16N2O6S2. The second-order valence-electron chi connectivity index (χ2n) is 4.74. The summed E-state index contributed by atoms with van der Waals surface area (Å²) in [6.07, 6.45) is 0. The van der Waals surface area contributed by atoms with Gasteiger partial charge in [0.25, 0.3) is 0 Å². The van der Waals surface area contributed by atoms with Gasteiger partial charge in [0, 0.05) is 18.5 Å². The fourth-order valence-electron chi connectivity index (χ4n) is 2.09. The standard InChI is InChI=1S/C12H16N2O6S2/c1-8-10(5-9(21-8)12(16)17)22(18,19)14-6-11(15)13(7-14)3-4-20-2/h5H,3-4,6-7H2,1-2H3,(H,16,17). The summed E-state index contributed by atoms with van der Waals surface area (Å²) < 4.78 is 31.1. The molecule has 122 valence electrons. The lowest BCUT2D eigenvalue weighted by molar-refractivity contribution is -0.127. The van der Waals surface area contributed by atoms with E-state index in [4.69, 9.17) is 9.84 Å². The van der Waals surface area contributed by atoms with Gasteiger partial charge in [-0.05, 0) is 13.0 Å². The molecule has 1 aliphatic heterocycles. The van der Waals surface area contributed by atoms with Crippen molar-refractivity contribution >= 4 is 33.2 Å².